The summed E-state index contributed by atoms with van der Waals surface area (Å²) >= 11 is 0. The highest BCUT2D eigenvalue weighted by Gasteiger charge is 2.01. The van der Waals surface area contributed by atoms with Gasteiger partial charge in [-0.25, -0.2) is 4.39 Å². The Morgan fingerprint density at radius 3 is 3.14 bits per heavy atom. The van der Waals surface area contributed by atoms with E-state index in [0.717, 1.165) is 6.42 Å². The van der Waals surface area contributed by atoms with E-state index in [0.29, 0.717) is 18.6 Å². The quantitative estimate of drug-likeness (QED) is 0.457. The molecule has 0 radical (unpaired) electrons. The lowest BCUT2D eigenvalue weighted by Crippen LogP contribution is -2.16. The summed E-state index contributed by atoms with van der Waals surface area (Å²) < 4.78 is 17.7. The fraction of sp³-hybridized carbons (Fsp3) is 0.250. The maximum absolute atomic E-state index is 12.6. The molecule has 76 valence electrons. The van der Waals surface area contributed by atoms with Crippen LogP contribution in [0.2, 0.25) is 0 Å². The first-order valence-corrected chi connectivity index (χ1v) is 4.02. The van der Waals surface area contributed by atoms with Gasteiger partial charge in [-0.1, -0.05) is 0 Å². The monoisotopic (exact) mass is 198 g/mol. The molecule has 1 aliphatic heterocycles. The minimum atomic E-state index is -0.858. The Labute approximate surface area is 80.6 Å². The third-order valence-electron chi connectivity index (χ3n) is 1.49. The van der Waals surface area contributed by atoms with Crippen molar-refractivity contribution in [3.63, 3.8) is 0 Å². The van der Waals surface area contributed by atoms with Crippen molar-refractivity contribution in [3.05, 3.63) is 23.5 Å². The zero-order valence-corrected chi connectivity index (χ0v) is 7.46. The van der Waals surface area contributed by atoms with E-state index in [1.165, 1.54) is 6.21 Å². The van der Waals surface area contributed by atoms with Crippen LogP contribution in [0, 0.1) is 5.41 Å². The first-order chi connectivity index (χ1) is 6.74. The van der Waals surface area contributed by atoms with Crippen molar-refractivity contribution in [2.75, 3.05) is 6.61 Å². The standard InChI is InChI=1S/C8H11FN4O/c9-7(4-10)8(11)13-12-5-6-2-1-3-14-6/h2,4-5,10,13H,1,3,11H2/b8-7-,10-4?,12-5+. The van der Waals surface area contributed by atoms with Gasteiger partial charge in [-0.2, -0.15) is 5.10 Å². The molecule has 5 nitrogen and oxygen atoms in total. The molecule has 0 fully saturated rings. The second-order valence-electron chi connectivity index (χ2n) is 2.52. The number of hydrogen-bond donors (Lipinski definition) is 3. The van der Waals surface area contributed by atoms with Crippen molar-refractivity contribution in [2.45, 2.75) is 6.42 Å². The number of nitrogens with two attached hydrogens (primary N) is 1. The molecule has 0 aromatic rings. The van der Waals surface area contributed by atoms with Crippen LogP contribution < -0.4 is 11.2 Å². The van der Waals surface area contributed by atoms with E-state index in [9.17, 15) is 4.39 Å². The Morgan fingerprint density at radius 1 is 1.79 bits per heavy atom. The van der Waals surface area contributed by atoms with Gasteiger partial charge >= 0.3 is 0 Å². The second kappa shape index (κ2) is 5.00. The van der Waals surface area contributed by atoms with Crippen molar-refractivity contribution in [2.24, 2.45) is 10.8 Å². The molecule has 0 spiro atoms. The highest BCUT2D eigenvalue weighted by molar-refractivity contribution is 5.76. The zero-order chi connectivity index (χ0) is 10.4. The molecule has 0 aliphatic carbocycles. The Bertz CT molecular complexity index is 308. The maximum atomic E-state index is 12.6. The van der Waals surface area contributed by atoms with Crippen LogP contribution in [0.1, 0.15) is 6.42 Å². The number of nitrogens with one attached hydrogen (secondary N) is 2. The van der Waals surface area contributed by atoms with Gasteiger partial charge in [-0.15, -0.1) is 0 Å². The topological polar surface area (TPSA) is 83.5 Å². The maximum Gasteiger partial charge on any atom is 0.182 e. The van der Waals surface area contributed by atoms with Crippen LogP contribution in [-0.4, -0.2) is 19.0 Å². The lowest BCUT2D eigenvalue weighted by molar-refractivity contribution is 0.265. The number of hydrogen-bond acceptors (Lipinski definition) is 5. The van der Waals surface area contributed by atoms with E-state index in [-0.39, 0.29) is 5.82 Å². The number of rotatable bonds is 4. The van der Waals surface area contributed by atoms with Gasteiger partial charge in [0.2, 0.25) is 0 Å². The molecule has 0 amide bonds. The first-order valence-electron chi connectivity index (χ1n) is 4.02. The predicted octanol–water partition coefficient (Wildman–Crippen LogP) is 0.613. The van der Waals surface area contributed by atoms with Crippen LogP contribution in [0.5, 0.6) is 0 Å². The van der Waals surface area contributed by atoms with E-state index in [1.54, 1.807) is 0 Å². The smallest absolute Gasteiger partial charge is 0.182 e. The molecule has 1 rings (SSSR count). The highest BCUT2D eigenvalue weighted by atomic mass is 19.1. The molecule has 0 atom stereocenters. The summed E-state index contributed by atoms with van der Waals surface area (Å²) in [4.78, 5) is 0. The molecule has 0 aromatic carbocycles. The Kier molecular flexibility index (Phi) is 3.66. The summed E-state index contributed by atoms with van der Waals surface area (Å²) in [5.74, 6) is -0.529. The molecule has 0 saturated carbocycles. The van der Waals surface area contributed by atoms with Gasteiger partial charge in [0.05, 0.1) is 19.0 Å². The summed E-state index contributed by atoms with van der Waals surface area (Å²) in [5, 5.41) is 10.2. The Balaban J connectivity index is 2.43. The van der Waals surface area contributed by atoms with Crippen molar-refractivity contribution >= 4 is 12.4 Å². The van der Waals surface area contributed by atoms with E-state index in [4.69, 9.17) is 15.9 Å². The van der Waals surface area contributed by atoms with E-state index in [1.807, 2.05) is 6.08 Å². The van der Waals surface area contributed by atoms with Gasteiger partial charge in [0.25, 0.3) is 0 Å². The van der Waals surface area contributed by atoms with Crippen molar-refractivity contribution < 1.29 is 9.13 Å². The Hall–Kier alpha value is -1.85. The number of halogens is 1. The normalized spacial score (nSPS) is 17.4. The Morgan fingerprint density at radius 2 is 2.57 bits per heavy atom. The van der Waals surface area contributed by atoms with Crippen LogP contribution in [0.25, 0.3) is 0 Å². The summed E-state index contributed by atoms with van der Waals surface area (Å²) in [6.07, 6.45) is 4.61. The summed E-state index contributed by atoms with van der Waals surface area (Å²) in [7, 11) is 0. The van der Waals surface area contributed by atoms with Crippen LogP contribution >= 0.6 is 0 Å². The van der Waals surface area contributed by atoms with Gasteiger partial charge < -0.3 is 15.9 Å². The molecular weight excluding hydrogens is 187 g/mol. The van der Waals surface area contributed by atoms with E-state index < -0.39 is 5.83 Å². The number of hydrazone groups is 1. The molecule has 0 bridgehead atoms. The minimum Gasteiger partial charge on any atom is -0.492 e. The predicted molar refractivity (Wildman–Crippen MR) is 51.4 cm³/mol. The second-order valence-corrected chi connectivity index (χ2v) is 2.52. The lowest BCUT2D eigenvalue weighted by Gasteiger charge is -1.99. The number of ether oxygens (including phenoxy) is 1. The van der Waals surface area contributed by atoms with Crippen LogP contribution in [0.3, 0.4) is 0 Å². The lowest BCUT2D eigenvalue weighted by atomic mass is 10.4. The third kappa shape index (κ3) is 2.89. The molecule has 0 aromatic heterocycles. The summed E-state index contributed by atoms with van der Waals surface area (Å²) in [5.41, 5.74) is 7.42. The molecule has 6 heteroatoms. The average molecular weight is 198 g/mol. The fourth-order valence-electron chi connectivity index (χ4n) is 0.823. The van der Waals surface area contributed by atoms with Crippen LogP contribution in [-0.2, 0) is 4.74 Å². The molecule has 0 saturated heterocycles. The molecule has 0 unspecified atom stereocenters. The molecule has 14 heavy (non-hydrogen) atoms. The fourth-order valence-corrected chi connectivity index (χ4v) is 0.823. The number of nitrogens with zero attached hydrogens (tertiary/aromatic N) is 1. The van der Waals surface area contributed by atoms with Crippen LogP contribution in [0.4, 0.5) is 4.39 Å². The first kappa shape index (κ1) is 10.2. The molecule has 1 aliphatic rings. The molecule has 1 heterocycles. The van der Waals surface area contributed by atoms with E-state index in [2.05, 4.69) is 10.5 Å². The number of allylic oxidation sites excluding steroid dienone is 2. The summed E-state index contributed by atoms with van der Waals surface area (Å²) in [6, 6.07) is 0. The highest BCUT2D eigenvalue weighted by Crippen LogP contribution is 2.05. The summed E-state index contributed by atoms with van der Waals surface area (Å²) in [6.45, 7) is 0.640. The zero-order valence-electron chi connectivity index (χ0n) is 7.46. The van der Waals surface area contributed by atoms with Gasteiger partial charge in [0.15, 0.2) is 11.6 Å². The molecular formula is C8H11FN4O. The largest absolute Gasteiger partial charge is 0.492 e. The van der Waals surface area contributed by atoms with Gasteiger partial charge in [0.1, 0.15) is 5.76 Å². The van der Waals surface area contributed by atoms with E-state index >= 15 is 0 Å². The SMILES string of the molecule is N=C/C(F)=C(\N)N/N=C/C1=CCCO1. The van der Waals surface area contributed by atoms with Crippen LogP contribution in [0.15, 0.2) is 28.6 Å². The molecule has 4 N–H and O–H groups in total. The third-order valence-corrected chi connectivity index (χ3v) is 1.49. The average Bonchev–Trinajstić information content (AvgIpc) is 2.69. The van der Waals surface area contributed by atoms with Crippen molar-refractivity contribution in [3.8, 4) is 0 Å². The van der Waals surface area contributed by atoms with Gasteiger partial charge in [-0.05, 0) is 6.08 Å². The van der Waals surface area contributed by atoms with Gasteiger partial charge in [-0.3, -0.25) is 5.43 Å². The van der Waals surface area contributed by atoms with Gasteiger partial charge in [0, 0.05) is 6.42 Å². The van der Waals surface area contributed by atoms with Crippen molar-refractivity contribution in [1.29, 1.82) is 5.41 Å². The van der Waals surface area contributed by atoms with Crippen molar-refractivity contribution in [1.82, 2.24) is 5.43 Å². The minimum absolute atomic E-state index is 0.296.